The van der Waals surface area contributed by atoms with Crippen molar-refractivity contribution < 1.29 is 13.2 Å². The molecule has 0 spiro atoms. The monoisotopic (exact) mass is 396 g/mol. The zero-order valence-electron chi connectivity index (χ0n) is 15.9. The highest BCUT2D eigenvalue weighted by atomic mass is 32.2. The van der Waals surface area contributed by atoms with E-state index >= 15 is 0 Å². The van der Waals surface area contributed by atoms with Gasteiger partial charge >= 0.3 is 0 Å². The number of hydrogen-bond acceptors (Lipinski definition) is 5. The van der Waals surface area contributed by atoms with Crippen LogP contribution in [0.4, 0.5) is 5.69 Å². The predicted molar refractivity (Wildman–Crippen MR) is 108 cm³/mol. The summed E-state index contributed by atoms with van der Waals surface area (Å²) in [5, 5.41) is 0.727. The number of pyridine rings is 2. The Bertz CT molecular complexity index is 1190. The number of aryl methyl sites for hydroxylation is 1. The van der Waals surface area contributed by atoms with Gasteiger partial charge in [0.1, 0.15) is 0 Å². The summed E-state index contributed by atoms with van der Waals surface area (Å²) in [7, 11) is -1.99. The molecular weight excluding hydrogens is 376 g/mol. The average Bonchev–Trinajstić information content (AvgIpc) is 2.98. The molecule has 1 aromatic carbocycles. The summed E-state index contributed by atoms with van der Waals surface area (Å²) < 4.78 is 25.9. The molecule has 0 unspecified atom stereocenters. The first kappa shape index (κ1) is 18.4. The number of sulfonamides is 1. The Hall–Kier alpha value is -3.00. The molecule has 2 aromatic heterocycles. The highest BCUT2D eigenvalue weighted by Crippen LogP contribution is 2.41. The van der Waals surface area contributed by atoms with Crippen molar-refractivity contribution in [2.75, 3.05) is 17.6 Å². The van der Waals surface area contributed by atoms with Gasteiger partial charge in [-0.05, 0) is 42.3 Å². The van der Waals surface area contributed by atoms with Gasteiger partial charge in [0, 0.05) is 49.7 Å². The fourth-order valence-corrected chi connectivity index (χ4v) is 4.29. The summed E-state index contributed by atoms with van der Waals surface area (Å²) in [6, 6.07) is 7.36. The predicted octanol–water partition coefficient (Wildman–Crippen LogP) is 2.49. The lowest BCUT2D eigenvalue weighted by Crippen LogP contribution is -2.26. The van der Waals surface area contributed by atoms with E-state index in [9.17, 15) is 13.2 Å². The molecule has 0 saturated heterocycles. The smallest absolute Gasteiger partial charge is 0.255 e. The van der Waals surface area contributed by atoms with Crippen LogP contribution in [0.25, 0.3) is 10.9 Å². The van der Waals surface area contributed by atoms with Crippen LogP contribution in [0, 0.1) is 6.92 Å². The van der Waals surface area contributed by atoms with Crippen LogP contribution < -0.4 is 4.31 Å². The minimum atomic E-state index is -3.51. The third-order valence-corrected chi connectivity index (χ3v) is 6.34. The highest BCUT2D eigenvalue weighted by Gasteiger charge is 2.35. The Morgan fingerprint density at radius 2 is 1.89 bits per heavy atom. The van der Waals surface area contributed by atoms with E-state index < -0.39 is 10.0 Å². The number of carbonyl (C=O) groups is 1. The summed E-state index contributed by atoms with van der Waals surface area (Å²) >= 11 is 0. The maximum Gasteiger partial charge on any atom is 0.255 e. The number of aromatic nitrogens is 2. The fourth-order valence-electron chi connectivity index (χ4n) is 3.75. The zero-order valence-corrected chi connectivity index (χ0v) is 16.7. The molecule has 0 saturated carbocycles. The van der Waals surface area contributed by atoms with Gasteiger partial charge in [-0.1, -0.05) is 0 Å². The molecule has 0 bridgehead atoms. The number of fused-ring (bicyclic) bond motifs is 2. The summed E-state index contributed by atoms with van der Waals surface area (Å²) in [5.41, 5.74) is 4.19. The van der Waals surface area contributed by atoms with Crippen molar-refractivity contribution in [3.05, 3.63) is 65.1 Å². The molecular formula is C20H20N4O3S. The van der Waals surface area contributed by atoms with Gasteiger partial charge in [-0.2, -0.15) is 0 Å². The van der Waals surface area contributed by atoms with Crippen LogP contribution >= 0.6 is 0 Å². The number of rotatable bonds is 4. The standard InChI is InChI=1S/C20H20N4O3S/c1-13-17-16(12-24(20(17)25)11-14-6-9-21-10-7-14)19(23(2)28(3,26)27)15-5-4-8-22-18(13)15/h4-10H,11-12H2,1-3H3. The Labute approximate surface area is 163 Å². The van der Waals surface area contributed by atoms with E-state index in [0.717, 1.165) is 28.3 Å². The highest BCUT2D eigenvalue weighted by molar-refractivity contribution is 7.92. The van der Waals surface area contributed by atoms with Gasteiger partial charge in [0.05, 0.1) is 23.0 Å². The van der Waals surface area contributed by atoms with E-state index in [4.69, 9.17) is 0 Å². The topological polar surface area (TPSA) is 83.5 Å². The lowest BCUT2D eigenvalue weighted by atomic mass is 9.97. The van der Waals surface area contributed by atoms with Gasteiger partial charge in [0.15, 0.2) is 0 Å². The van der Waals surface area contributed by atoms with Crippen LogP contribution in [0.3, 0.4) is 0 Å². The van der Waals surface area contributed by atoms with Crippen molar-refractivity contribution in [3.8, 4) is 0 Å². The molecule has 1 aliphatic heterocycles. The summed E-state index contributed by atoms with van der Waals surface area (Å²) in [4.78, 5) is 23.4. The molecule has 1 aliphatic rings. The molecule has 1 amide bonds. The van der Waals surface area contributed by atoms with Crippen LogP contribution in [0.2, 0.25) is 0 Å². The second-order valence-electron chi connectivity index (χ2n) is 6.97. The number of nitrogens with zero attached hydrogens (tertiary/aromatic N) is 4. The van der Waals surface area contributed by atoms with E-state index in [2.05, 4.69) is 9.97 Å². The first-order valence-electron chi connectivity index (χ1n) is 8.81. The SMILES string of the molecule is Cc1c2c(c(N(C)S(C)(=O)=O)c3cccnc13)CN(Cc1ccncc1)C2=O. The normalized spacial score (nSPS) is 13.8. The Kier molecular flexibility index (Phi) is 4.30. The Morgan fingerprint density at radius 1 is 1.18 bits per heavy atom. The summed E-state index contributed by atoms with van der Waals surface area (Å²) in [6.45, 7) is 2.64. The molecule has 3 heterocycles. The Morgan fingerprint density at radius 3 is 2.57 bits per heavy atom. The van der Waals surface area contributed by atoms with Gasteiger partial charge < -0.3 is 4.90 Å². The second kappa shape index (κ2) is 6.56. The lowest BCUT2D eigenvalue weighted by molar-refractivity contribution is 0.0766. The van der Waals surface area contributed by atoms with Gasteiger partial charge in [-0.3, -0.25) is 19.1 Å². The van der Waals surface area contributed by atoms with Crippen LogP contribution in [-0.2, 0) is 23.1 Å². The number of carbonyl (C=O) groups excluding carboxylic acids is 1. The van der Waals surface area contributed by atoms with Crippen molar-refractivity contribution in [1.82, 2.24) is 14.9 Å². The molecule has 144 valence electrons. The van der Waals surface area contributed by atoms with Crippen LogP contribution in [0.15, 0.2) is 42.9 Å². The third kappa shape index (κ3) is 2.90. The van der Waals surface area contributed by atoms with Crippen molar-refractivity contribution in [2.45, 2.75) is 20.0 Å². The van der Waals surface area contributed by atoms with Crippen LogP contribution in [-0.4, -0.2) is 42.5 Å². The number of amides is 1. The largest absolute Gasteiger partial charge is 0.330 e. The quantitative estimate of drug-likeness (QED) is 0.677. The van der Waals surface area contributed by atoms with Gasteiger partial charge in [-0.25, -0.2) is 8.42 Å². The number of benzene rings is 1. The molecule has 0 radical (unpaired) electrons. The molecule has 8 heteroatoms. The molecule has 0 atom stereocenters. The van der Waals surface area contributed by atoms with Crippen molar-refractivity contribution in [3.63, 3.8) is 0 Å². The molecule has 4 rings (SSSR count). The van der Waals surface area contributed by atoms with Gasteiger partial charge in [0.25, 0.3) is 5.91 Å². The lowest BCUT2D eigenvalue weighted by Gasteiger charge is -2.23. The maximum absolute atomic E-state index is 13.2. The number of anilines is 1. The summed E-state index contributed by atoms with van der Waals surface area (Å²) in [6.07, 6.45) is 6.19. The van der Waals surface area contributed by atoms with Crippen LogP contribution in [0.1, 0.15) is 27.0 Å². The maximum atomic E-state index is 13.2. The van der Waals surface area contributed by atoms with Gasteiger partial charge in [-0.15, -0.1) is 0 Å². The second-order valence-corrected chi connectivity index (χ2v) is 8.99. The molecule has 28 heavy (non-hydrogen) atoms. The third-order valence-electron chi connectivity index (χ3n) is 5.17. The molecule has 0 N–H and O–H groups in total. The van der Waals surface area contributed by atoms with E-state index in [1.165, 1.54) is 11.4 Å². The summed E-state index contributed by atoms with van der Waals surface area (Å²) in [5.74, 6) is -0.111. The average molecular weight is 396 g/mol. The Balaban J connectivity index is 1.92. The molecule has 0 fully saturated rings. The van der Waals surface area contributed by atoms with E-state index in [1.54, 1.807) is 29.6 Å². The fraction of sp³-hybridized carbons (Fsp3) is 0.250. The molecule has 7 nitrogen and oxygen atoms in total. The number of hydrogen-bond donors (Lipinski definition) is 0. The first-order chi connectivity index (χ1) is 13.3. The first-order valence-corrected chi connectivity index (χ1v) is 10.7. The van der Waals surface area contributed by atoms with E-state index in [-0.39, 0.29) is 5.91 Å². The molecule has 0 aliphatic carbocycles. The van der Waals surface area contributed by atoms with Crippen molar-refractivity contribution in [1.29, 1.82) is 0 Å². The van der Waals surface area contributed by atoms with E-state index in [1.807, 2.05) is 25.1 Å². The van der Waals surface area contributed by atoms with Gasteiger partial charge in [0.2, 0.25) is 10.0 Å². The zero-order chi connectivity index (χ0) is 20.1. The minimum absolute atomic E-state index is 0.111. The van der Waals surface area contributed by atoms with Crippen molar-refractivity contribution >= 4 is 32.5 Å². The van der Waals surface area contributed by atoms with Crippen LogP contribution in [0.5, 0.6) is 0 Å². The minimum Gasteiger partial charge on any atom is -0.330 e. The molecule has 3 aromatic rings. The van der Waals surface area contributed by atoms with E-state index in [0.29, 0.717) is 29.9 Å². The van der Waals surface area contributed by atoms with Crippen molar-refractivity contribution in [2.24, 2.45) is 0 Å².